The predicted octanol–water partition coefficient (Wildman–Crippen LogP) is 8.41. The van der Waals surface area contributed by atoms with Crippen LogP contribution < -0.4 is 0 Å². The Labute approximate surface area is 200 Å². The molecule has 0 saturated heterocycles. The number of rotatable bonds is 20. The first-order valence-electron chi connectivity index (χ1n) is 13.2. The molecule has 3 heteroatoms. The van der Waals surface area contributed by atoms with Gasteiger partial charge in [0.05, 0.1) is 12.7 Å². The quantitative estimate of drug-likeness (QED) is 0.153. The van der Waals surface area contributed by atoms with Gasteiger partial charge in [0, 0.05) is 12.4 Å². The molecule has 0 radical (unpaired) electrons. The van der Waals surface area contributed by atoms with Crippen molar-refractivity contribution < 1.29 is 9.84 Å². The monoisotopic (exact) mass is 452 g/mol. The van der Waals surface area contributed by atoms with Gasteiger partial charge < -0.3 is 9.84 Å². The molecule has 31 heavy (non-hydrogen) atoms. The highest BCUT2D eigenvalue weighted by atomic mass is 32.1. The molecule has 0 bridgehead atoms. The zero-order chi connectivity index (χ0) is 22.8. The summed E-state index contributed by atoms with van der Waals surface area (Å²) in [4.78, 5) is 0. The Balaban J connectivity index is 0.000000581. The van der Waals surface area contributed by atoms with Crippen LogP contribution >= 0.6 is 12.6 Å². The minimum Gasteiger partial charge on any atom is -0.394 e. The molecule has 0 aromatic heterocycles. The first-order chi connectivity index (χ1) is 15.3. The number of aliphatic hydroxyl groups is 1. The molecule has 2 nitrogen and oxygen atoms in total. The molecular weight excluding hydrogens is 400 g/mol. The van der Waals surface area contributed by atoms with Crippen LogP contribution in [0.1, 0.15) is 116 Å². The topological polar surface area (TPSA) is 29.5 Å². The van der Waals surface area contributed by atoms with Gasteiger partial charge in [-0.2, -0.15) is 12.6 Å². The van der Waals surface area contributed by atoms with Crippen molar-refractivity contribution in [2.24, 2.45) is 0 Å². The van der Waals surface area contributed by atoms with Gasteiger partial charge in [0.15, 0.2) is 0 Å². The molecule has 0 amide bonds. The number of hydrogen-bond donors (Lipinski definition) is 2. The van der Waals surface area contributed by atoms with Crippen LogP contribution in [0.4, 0.5) is 0 Å². The van der Waals surface area contributed by atoms with Crippen LogP contribution in [0.15, 0.2) is 30.3 Å². The SMILES string of the molecule is CCCCCCCCCCOC(CO)CS.CCCCCCCCCc1ccccc1. The van der Waals surface area contributed by atoms with Gasteiger partial charge in [0.1, 0.15) is 0 Å². The molecule has 1 N–H and O–H groups in total. The normalized spacial score (nSPS) is 11.7. The van der Waals surface area contributed by atoms with Crippen molar-refractivity contribution in [2.45, 2.75) is 123 Å². The molecule has 1 rings (SSSR count). The maximum absolute atomic E-state index is 8.88. The third-order valence-electron chi connectivity index (χ3n) is 5.67. The fourth-order valence-corrected chi connectivity index (χ4v) is 3.80. The number of unbranched alkanes of at least 4 members (excludes halogenated alkanes) is 13. The van der Waals surface area contributed by atoms with Crippen molar-refractivity contribution in [3.8, 4) is 0 Å². The summed E-state index contributed by atoms with van der Waals surface area (Å²) in [6.07, 6.45) is 21.5. The number of benzene rings is 1. The number of ether oxygens (including phenoxy) is 1. The van der Waals surface area contributed by atoms with E-state index < -0.39 is 0 Å². The van der Waals surface area contributed by atoms with Gasteiger partial charge in [-0.15, -0.1) is 0 Å². The first kappa shape index (κ1) is 30.5. The fraction of sp³-hybridized carbons (Fsp3) is 0.786. The number of hydrogen-bond acceptors (Lipinski definition) is 3. The molecule has 0 aliphatic heterocycles. The Morgan fingerprint density at radius 2 is 1.19 bits per heavy atom. The Hall–Kier alpha value is -0.510. The minimum atomic E-state index is -0.0760. The fourth-order valence-electron chi connectivity index (χ4n) is 3.58. The summed E-state index contributed by atoms with van der Waals surface area (Å²) in [7, 11) is 0. The summed E-state index contributed by atoms with van der Waals surface area (Å²) >= 11 is 4.10. The zero-order valence-corrected chi connectivity index (χ0v) is 21.6. The third kappa shape index (κ3) is 22.5. The van der Waals surface area contributed by atoms with E-state index >= 15 is 0 Å². The number of thiol groups is 1. The van der Waals surface area contributed by atoms with Crippen molar-refractivity contribution in [1.29, 1.82) is 0 Å². The van der Waals surface area contributed by atoms with Crippen LogP contribution in [0.2, 0.25) is 0 Å². The van der Waals surface area contributed by atoms with E-state index in [0.29, 0.717) is 5.75 Å². The molecule has 1 aromatic rings. The molecule has 0 heterocycles. The first-order valence-corrected chi connectivity index (χ1v) is 13.8. The van der Waals surface area contributed by atoms with E-state index in [9.17, 15) is 0 Å². The van der Waals surface area contributed by atoms with E-state index in [1.165, 1.54) is 102 Å². The second-order valence-corrected chi connectivity index (χ2v) is 9.05. The van der Waals surface area contributed by atoms with Crippen LogP contribution in [0, 0.1) is 0 Å². The van der Waals surface area contributed by atoms with Crippen LogP contribution in [-0.2, 0) is 11.2 Å². The van der Waals surface area contributed by atoms with Crippen molar-refractivity contribution in [1.82, 2.24) is 0 Å². The van der Waals surface area contributed by atoms with Crippen LogP contribution in [0.25, 0.3) is 0 Å². The lowest BCUT2D eigenvalue weighted by Gasteiger charge is -2.12. The lowest BCUT2D eigenvalue weighted by Crippen LogP contribution is -2.19. The molecule has 0 spiro atoms. The van der Waals surface area contributed by atoms with Crippen molar-refractivity contribution >= 4 is 12.6 Å². The average Bonchev–Trinajstić information content (AvgIpc) is 2.81. The van der Waals surface area contributed by atoms with Gasteiger partial charge in [0.25, 0.3) is 0 Å². The summed E-state index contributed by atoms with van der Waals surface area (Å²) in [5.74, 6) is 0.605. The summed E-state index contributed by atoms with van der Waals surface area (Å²) in [6, 6.07) is 10.8. The Morgan fingerprint density at radius 3 is 1.68 bits per heavy atom. The molecule has 0 fully saturated rings. The maximum atomic E-state index is 8.88. The van der Waals surface area contributed by atoms with E-state index in [2.05, 4.69) is 56.8 Å². The highest BCUT2D eigenvalue weighted by Gasteiger charge is 2.03. The predicted molar refractivity (Wildman–Crippen MR) is 141 cm³/mol. The van der Waals surface area contributed by atoms with Crippen LogP contribution in [0.3, 0.4) is 0 Å². The van der Waals surface area contributed by atoms with Gasteiger partial charge >= 0.3 is 0 Å². The number of aryl methyl sites for hydroxylation is 1. The van der Waals surface area contributed by atoms with Crippen LogP contribution in [-0.4, -0.2) is 30.2 Å². The van der Waals surface area contributed by atoms with E-state index in [1.54, 1.807) is 0 Å². The van der Waals surface area contributed by atoms with Gasteiger partial charge in [0.2, 0.25) is 0 Å². The van der Waals surface area contributed by atoms with Crippen LogP contribution in [0.5, 0.6) is 0 Å². The second-order valence-electron chi connectivity index (χ2n) is 8.69. The van der Waals surface area contributed by atoms with Gasteiger partial charge in [-0.25, -0.2) is 0 Å². The molecule has 1 atom stereocenters. The van der Waals surface area contributed by atoms with E-state index in [1.807, 2.05) is 0 Å². The van der Waals surface area contributed by atoms with E-state index in [-0.39, 0.29) is 12.7 Å². The molecule has 1 unspecified atom stereocenters. The Morgan fingerprint density at radius 1 is 0.710 bits per heavy atom. The van der Waals surface area contributed by atoms with Crippen molar-refractivity contribution in [2.75, 3.05) is 19.0 Å². The second kappa shape index (κ2) is 25.7. The summed E-state index contributed by atoms with van der Waals surface area (Å²) < 4.78 is 5.46. The summed E-state index contributed by atoms with van der Waals surface area (Å²) in [5.41, 5.74) is 1.49. The highest BCUT2D eigenvalue weighted by molar-refractivity contribution is 7.80. The van der Waals surface area contributed by atoms with Crippen molar-refractivity contribution in [3.63, 3.8) is 0 Å². The Kier molecular flexibility index (Phi) is 25.3. The largest absolute Gasteiger partial charge is 0.394 e. The molecule has 0 aliphatic carbocycles. The van der Waals surface area contributed by atoms with E-state index in [0.717, 1.165) is 13.0 Å². The Bertz CT molecular complexity index is 434. The molecule has 0 aliphatic rings. The molecular formula is C28H52O2S. The van der Waals surface area contributed by atoms with E-state index in [4.69, 9.17) is 9.84 Å². The lowest BCUT2D eigenvalue weighted by molar-refractivity contribution is 0.0262. The van der Waals surface area contributed by atoms with Gasteiger partial charge in [-0.3, -0.25) is 0 Å². The third-order valence-corrected chi connectivity index (χ3v) is 6.08. The number of aliphatic hydroxyl groups excluding tert-OH is 1. The summed E-state index contributed by atoms with van der Waals surface area (Å²) in [5, 5.41) is 8.88. The molecule has 0 saturated carbocycles. The molecule has 182 valence electrons. The smallest absolute Gasteiger partial charge is 0.0893 e. The average molecular weight is 453 g/mol. The van der Waals surface area contributed by atoms with Gasteiger partial charge in [-0.1, -0.05) is 128 Å². The zero-order valence-electron chi connectivity index (χ0n) is 20.7. The maximum Gasteiger partial charge on any atom is 0.0893 e. The summed E-state index contributed by atoms with van der Waals surface area (Å²) in [6.45, 7) is 5.37. The lowest BCUT2D eigenvalue weighted by atomic mass is 10.0. The standard InChI is InChI=1S/C15H24.C13H28O2S/c1-2-3-4-5-6-7-9-12-15-13-10-8-11-14-15;1-2-3-4-5-6-7-8-9-10-15-13(11-14)12-16/h8,10-11,13-14H,2-7,9,12H2,1H3;13-14,16H,2-12H2,1H3. The highest BCUT2D eigenvalue weighted by Crippen LogP contribution is 2.10. The van der Waals surface area contributed by atoms with Gasteiger partial charge in [-0.05, 0) is 24.8 Å². The van der Waals surface area contributed by atoms with Crippen molar-refractivity contribution in [3.05, 3.63) is 35.9 Å². The minimum absolute atomic E-state index is 0.0760. The molecule has 1 aromatic carbocycles.